The van der Waals surface area contributed by atoms with E-state index in [1.165, 1.54) is 24.8 Å². The minimum absolute atomic E-state index is 0.430. The van der Waals surface area contributed by atoms with Gasteiger partial charge < -0.3 is 25.0 Å². The van der Waals surface area contributed by atoms with E-state index in [0.29, 0.717) is 6.04 Å². The normalized spacial score (nSPS) is 17.4. The van der Waals surface area contributed by atoms with Gasteiger partial charge in [0.05, 0.1) is 18.7 Å². The average molecular weight is 520 g/mol. The fraction of sp³-hybridized carbons (Fsp3) is 0.548. The Hall–Kier alpha value is -3.06. The van der Waals surface area contributed by atoms with Crippen LogP contribution in [-0.4, -0.2) is 49.9 Å². The summed E-state index contributed by atoms with van der Waals surface area (Å²) in [4.78, 5) is 11.7. The van der Waals surface area contributed by atoms with Crippen molar-refractivity contribution in [2.75, 3.05) is 44.1 Å². The minimum atomic E-state index is 0.430. The summed E-state index contributed by atoms with van der Waals surface area (Å²) in [5.41, 5.74) is 2.16. The van der Waals surface area contributed by atoms with Crippen LogP contribution in [0.5, 0.6) is 11.5 Å². The Bertz CT molecular complexity index is 1140. The molecule has 1 saturated carbocycles. The van der Waals surface area contributed by atoms with E-state index in [9.17, 15) is 0 Å². The van der Waals surface area contributed by atoms with E-state index in [4.69, 9.17) is 19.4 Å². The number of fused-ring (bicyclic) bond motifs is 1. The molecule has 3 aromatic rings. The number of para-hydroxylation sites is 1. The molecule has 1 aromatic heterocycles. The molecule has 1 heterocycles. The summed E-state index contributed by atoms with van der Waals surface area (Å²) in [6, 6.07) is 14.8. The highest BCUT2D eigenvalue weighted by Gasteiger charge is 2.22. The Kier molecular flexibility index (Phi) is 10.4. The monoisotopic (exact) mass is 519 g/mol. The molecule has 2 N–H and O–H groups in total. The summed E-state index contributed by atoms with van der Waals surface area (Å²) >= 11 is 0. The van der Waals surface area contributed by atoms with Crippen molar-refractivity contribution in [3.05, 3.63) is 48.0 Å². The third-order valence-electron chi connectivity index (χ3n) is 7.20. The molecule has 0 spiro atoms. The first-order valence-corrected chi connectivity index (χ1v) is 14.4. The van der Waals surface area contributed by atoms with E-state index in [-0.39, 0.29) is 0 Å². The number of ether oxygens (including phenoxy) is 2. The van der Waals surface area contributed by atoms with Gasteiger partial charge in [-0.05, 0) is 87.7 Å². The van der Waals surface area contributed by atoms with Crippen LogP contribution in [0.2, 0.25) is 0 Å². The van der Waals surface area contributed by atoms with Gasteiger partial charge in [0.25, 0.3) is 0 Å². The first-order chi connectivity index (χ1) is 18.6. The smallest absolute Gasteiger partial charge is 0.225 e. The second kappa shape index (κ2) is 14.2. The van der Waals surface area contributed by atoms with Crippen molar-refractivity contribution in [2.24, 2.45) is 5.92 Å². The fourth-order valence-electron chi connectivity index (χ4n) is 5.13. The molecular weight excluding hydrogens is 474 g/mol. The predicted octanol–water partition coefficient (Wildman–Crippen LogP) is 6.42. The van der Waals surface area contributed by atoms with Gasteiger partial charge in [0.2, 0.25) is 5.95 Å². The van der Waals surface area contributed by atoms with Gasteiger partial charge in [0.15, 0.2) is 0 Å². The highest BCUT2D eigenvalue weighted by Crippen LogP contribution is 2.30. The first-order valence-electron chi connectivity index (χ1n) is 14.4. The number of nitrogens with one attached hydrogen (secondary N) is 2. The number of rotatable bonds is 14. The highest BCUT2D eigenvalue weighted by atomic mass is 16.5. The van der Waals surface area contributed by atoms with E-state index >= 15 is 0 Å². The molecule has 0 radical (unpaired) electrons. The number of benzene rings is 2. The van der Waals surface area contributed by atoms with Crippen molar-refractivity contribution in [3.63, 3.8) is 0 Å². The van der Waals surface area contributed by atoms with Crippen LogP contribution in [0.15, 0.2) is 42.5 Å². The summed E-state index contributed by atoms with van der Waals surface area (Å²) in [5, 5.41) is 8.37. The number of hydrogen-bond donors (Lipinski definition) is 2. The van der Waals surface area contributed by atoms with Crippen LogP contribution in [0.3, 0.4) is 0 Å². The molecule has 4 rings (SSSR count). The van der Waals surface area contributed by atoms with Crippen LogP contribution in [0.25, 0.3) is 10.9 Å². The Balaban J connectivity index is 1.24. The summed E-state index contributed by atoms with van der Waals surface area (Å²) in [6.45, 7) is 7.55. The largest absolute Gasteiger partial charge is 0.494 e. The van der Waals surface area contributed by atoms with Gasteiger partial charge in [-0.1, -0.05) is 26.0 Å². The summed E-state index contributed by atoms with van der Waals surface area (Å²) in [6.07, 6.45) is 7.99. The maximum absolute atomic E-state index is 5.98. The summed E-state index contributed by atoms with van der Waals surface area (Å²) in [7, 11) is 4.07. The molecule has 1 aliphatic rings. The van der Waals surface area contributed by atoms with Gasteiger partial charge in [-0.3, -0.25) is 0 Å². The van der Waals surface area contributed by atoms with Gasteiger partial charge in [-0.25, -0.2) is 4.98 Å². The Morgan fingerprint density at radius 3 is 2.45 bits per heavy atom. The Morgan fingerprint density at radius 2 is 1.68 bits per heavy atom. The van der Waals surface area contributed by atoms with Crippen molar-refractivity contribution >= 4 is 22.7 Å². The molecule has 38 heavy (non-hydrogen) atoms. The van der Waals surface area contributed by atoms with Crippen molar-refractivity contribution in [1.82, 2.24) is 15.3 Å². The minimum Gasteiger partial charge on any atom is -0.494 e. The summed E-state index contributed by atoms with van der Waals surface area (Å²) in [5.74, 6) is 4.34. The molecule has 1 aliphatic carbocycles. The van der Waals surface area contributed by atoms with Crippen LogP contribution in [0.1, 0.15) is 64.4 Å². The van der Waals surface area contributed by atoms with Crippen molar-refractivity contribution < 1.29 is 9.47 Å². The average Bonchev–Trinajstić information content (AvgIpc) is 2.94. The SMILES string of the molecule is CCCOc1ccc(OCCC)c(CNCCC2CCC(Nc3nc(N(C)C)c4ccccc4n3)CC2)c1. The van der Waals surface area contributed by atoms with E-state index in [1.54, 1.807) is 0 Å². The zero-order chi connectivity index (χ0) is 26.7. The predicted molar refractivity (Wildman–Crippen MR) is 158 cm³/mol. The molecule has 2 aromatic carbocycles. The first kappa shape index (κ1) is 28.0. The quantitative estimate of drug-likeness (QED) is 0.238. The molecular formula is C31H45N5O2. The lowest BCUT2D eigenvalue weighted by atomic mass is 9.84. The molecule has 206 valence electrons. The number of hydrogen-bond acceptors (Lipinski definition) is 7. The highest BCUT2D eigenvalue weighted by molar-refractivity contribution is 5.90. The topological polar surface area (TPSA) is 71.5 Å². The summed E-state index contributed by atoms with van der Waals surface area (Å²) < 4.78 is 11.8. The van der Waals surface area contributed by atoms with Crippen LogP contribution in [-0.2, 0) is 6.54 Å². The molecule has 0 bridgehead atoms. The van der Waals surface area contributed by atoms with Crippen molar-refractivity contribution in [2.45, 2.75) is 71.4 Å². The zero-order valence-corrected chi connectivity index (χ0v) is 23.6. The van der Waals surface area contributed by atoms with Gasteiger partial charge in [-0.15, -0.1) is 0 Å². The third kappa shape index (κ3) is 7.73. The molecule has 1 fully saturated rings. The van der Waals surface area contributed by atoms with Gasteiger partial charge in [0.1, 0.15) is 17.3 Å². The number of anilines is 2. The molecule has 7 heteroatoms. The molecule has 0 amide bonds. The lowest BCUT2D eigenvalue weighted by Crippen LogP contribution is -2.28. The van der Waals surface area contributed by atoms with Gasteiger partial charge >= 0.3 is 0 Å². The van der Waals surface area contributed by atoms with Gasteiger partial charge in [-0.2, -0.15) is 4.98 Å². The number of aromatic nitrogens is 2. The van der Waals surface area contributed by atoms with E-state index < -0.39 is 0 Å². The van der Waals surface area contributed by atoms with E-state index in [1.807, 2.05) is 38.4 Å². The molecule has 7 nitrogen and oxygen atoms in total. The Labute approximate surface area is 228 Å². The molecule has 0 aliphatic heterocycles. The van der Waals surface area contributed by atoms with Crippen LogP contribution in [0, 0.1) is 5.92 Å². The van der Waals surface area contributed by atoms with E-state index in [2.05, 4.69) is 47.6 Å². The maximum Gasteiger partial charge on any atom is 0.225 e. The van der Waals surface area contributed by atoms with Crippen LogP contribution < -0.4 is 25.0 Å². The standard InChI is InChI=1S/C31H45N5O2/c1-5-19-37-26-15-16-29(38-20-6-2)24(21-26)22-32-18-17-23-11-13-25(14-12-23)33-31-34-28-10-8-7-9-27(28)30(35-31)36(3)4/h7-10,15-16,21,23,25,32H,5-6,11-14,17-20,22H2,1-4H3,(H,33,34,35). The van der Waals surface area contributed by atoms with Crippen LogP contribution in [0.4, 0.5) is 11.8 Å². The zero-order valence-electron chi connectivity index (χ0n) is 23.6. The van der Waals surface area contributed by atoms with Crippen molar-refractivity contribution in [3.8, 4) is 11.5 Å². The lowest BCUT2D eigenvalue weighted by Gasteiger charge is -2.29. The van der Waals surface area contributed by atoms with Crippen LogP contribution >= 0.6 is 0 Å². The van der Waals surface area contributed by atoms with E-state index in [0.717, 1.165) is 92.1 Å². The molecule has 0 saturated heterocycles. The lowest BCUT2D eigenvalue weighted by molar-refractivity contribution is 0.303. The second-order valence-corrected chi connectivity index (χ2v) is 10.6. The fourth-order valence-corrected chi connectivity index (χ4v) is 5.13. The number of nitrogens with zero attached hydrogens (tertiary/aromatic N) is 3. The van der Waals surface area contributed by atoms with Crippen molar-refractivity contribution in [1.29, 1.82) is 0 Å². The second-order valence-electron chi connectivity index (χ2n) is 10.6. The van der Waals surface area contributed by atoms with Gasteiger partial charge in [0, 0.05) is 37.6 Å². The molecule has 0 atom stereocenters. The third-order valence-corrected chi connectivity index (χ3v) is 7.20. The molecule has 0 unspecified atom stereocenters. The Morgan fingerprint density at radius 1 is 0.921 bits per heavy atom. The maximum atomic E-state index is 5.98.